The van der Waals surface area contributed by atoms with Crippen LogP contribution < -0.4 is 31.9 Å². The van der Waals surface area contributed by atoms with E-state index in [0.717, 1.165) is 14.7 Å². The Balaban J connectivity index is 2.07. The molecule has 39 heteroatoms. The monoisotopic (exact) mass is 2230 g/mol. The minimum absolute atomic E-state index is 0.0258. The van der Waals surface area contributed by atoms with Crippen LogP contribution in [0.2, 0.25) is 0 Å². The number of hydrogen-bond acceptors (Lipinski definition) is 21. The molecule has 0 saturated heterocycles. The zero-order valence-electron chi connectivity index (χ0n) is 44.8. The third kappa shape index (κ3) is 18.3. The van der Waals surface area contributed by atoms with E-state index < -0.39 is 184 Å². The summed E-state index contributed by atoms with van der Waals surface area (Å²) in [4.78, 5) is 129. The van der Waals surface area contributed by atoms with E-state index in [1.54, 1.807) is 203 Å². The Morgan fingerprint density at radius 2 is 0.563 bits per heavy atom. The van der Waals surface area contributed by atoms with Crippen LogP contribution in [0.15, 0.2) is 0 Å². The molecule has 3 aromatic carbocycles. The number of rotatable bonds is 24. The molecule has 0 spiro atoms. The van der Waals surface area contributed by atoms with Gasteiger partial charge in [0.25, 0.3) is 35.4 Å². The first-order valence-electron chi connectivity index (χ1n) is 24.6. The van der Waals surface area contributed by atoms with Crippen molar-refractivity contribution in [2.24, 2.45) is 0 Å². The molecule has 1 aliphatic carbocycles. The lowest BCUT2D eigenvalue weighted by Gasteiger charge is -2.46. The number of benzene rings is 3. The first-order chi connectivity index (χ1) is 40.6. The van der Waals surface area contributed by atoms with Gasteiger partial charge in [0.2, 0.25) is 17.7 Å². The average Bonchev–Trinajstić information content (AvgIpc) is 0.964. The fraction of sp³-hybridized carbons (Fsp3) is 0.438. The van der Waals surface area contributed by atoms with Gasteiger partial charge in [-0.15, -0.1) is 0 Å². The molecule has 0 radical (unpaired) electrons. The molecule has 3 aromatic rings. The summed E-state index contributed by atoms with van der Waals surface area (Å²) in [5, 5.41) is 141. The van der Waals surface area contributed by atoms with E-state index in [4.69, 9.17) is 0 Å². The lowest BCUT2D eigenvalue weighted by molar-refractivity contribution is -0.119. The van der Waals surface area contributed by atoms with Gasteiger partial charge in [-0.3, -0.25) is 43.2 Å². The predicted octanol–water partition coefficient (Wildman–Crippen LogP) is -2.01. The minimum Gasteiger partial charge on any atom is -0.394 e. The van der Waals surface area contributed by atoms with Gasteiger partial charge in [0.1, 0.15) is 19.8 Å². The maximum Gasteiger partial charge on any atom is 0.255 e. The molecule has 4 rings (SSSR count). The van der Waals surface area contributed by atoms with Crippen molar-refractivity contribution < 1.29 is 104 Å². The van der Waals surface area contributed by atoms with Gasteiger partial charge in [0.15, 0.2) is 0 Å². The first kappa shape index (κ1) is 78.4. The molecule has 30 nitrogen and oxygen atoms in total. The van der Waals surface area contributed by atoms with E-state index in [0.29, 0.717) is 0 Å². The van der Waals surface area contributed by atoms with E-state index in [9.17, 15) is 90.0 Å². The van der Waals surface area contributed by atoms with Crippen molar-refractivity contribution in [3.8, 4) is 0 Å². The number of aliphatic hydroxyl groups is 12. The smallest absolute Gasteiger partial charge is 0.255 e. The van der Waals surface area contributed by atoms with E-state index in [2.05, 4.69) is 31.9 Å². The van der Waals surface area contributed by atoms with Crippen molar-refractivity contribution in [3.63, 3.8) is 0 Å². The number of nitrogens with zero attached hydrogens (tertiary/aromatic N) is 3. The number of aliphatic hydroxyl groups excluding tert-OH is 12. The van der Waals surface area contributed by atoms with Gasteiger partial charge in [-0.1, -0.05) is 0 Å². The molecule has 3 unspecified atom stereocenters. The van der Waals surface area contributed by atoms with Gasteiger partial charge in [0, 0.05) is 51.5 Å². The summed E-state index contributed by atoms with van der Waals surface area (Å²) in [7, 11) is 3.79. The minimum atomic E-state index is -2.32. The van der Waals surface area contributed by atoms with Crippen LogP contribution in [0.1, 0.15) is 62.1 Å². The fourth-order valence-corrected chi connectivity index (χ4v) is 21.6. The van der Waals surface area contributed by atoms with Gasteiger partial charge >= 0.3 is 0 Å². The topological polar surface area (TPSA) is 478 Å². The van der Waals surface area contributed by atoms with Crippen LogP contribution in [0.4, 0.5) is 17.1 Å². The zero-order valence-corrected chi connectivity index (χ0v) is 64.3. The Morgan fingerprint density at radius 1 is 0.368 bits per heavy atom. The van der Waals surface area contributed by atoms with Crippen molar-refractivity contribution >= 4 is 274 Å². The van der Waals surface area contributed by atoms with E-state index in [1.165, 1.54) is 21.1 Å². The highest BCUT2D eigenvalue weighted by atomic mass is 127. The lowest BCUT2D eigenvalue weighted by atomic mass is 9.79. The van der Waals surface area contributed by atoms with Crippen LogP contribution in [0.3, 0.4) is 0 Å². The Labute approximate surface area is 616 Å². The van der Waals surface area contributed by atoms with Gasteiger partial charge in [-0.25, -0.2) is 0 Å². The predicted molar refractivity (Wildman–Crippen MR) is 383 cm³/mol. The summed E-state index contributed by atoms with van der Waals surface area (Å²) in [6, 6.07) is -6.35. The maximum atomic E-state index is 15.1. The molecule has 480 valence electrons. The van der Waals surface area contributed by atoms with Crippen molar-refractivity contribution in [1.29, 1.82) is 0 Å². The van der Waals surface area contributed by atoms with Crippen molar-refractivity contribution in [2.45, 2.75) is 54.7 Å². The van der Waals surface area contributed by atoms with Crippen molar-refractivity contribution in [2.75, 3.05) is 96.4 Å². The molecule has 87 heavy (non-hydrogen) atoms. The normalized spacial score (nSPS) is 18.3. The zero-order chi connectivity index (χ0) is 66.1. The number of carbonyl (C=O) groups excluding carboxylic acids is 9. The molecule has 9 amide bonds. The Hall–Kier alpha value is -1.02. The van der Waals surface area contributed by atoms with Crippen LogP contribution in [-0.2, 0) is 14.4 Å². The highest BCUT2D eigenvalue weighted by molar-refractivity contribution is 14.1. The summed E-state index contributed by atoms with van der Waals surface area (Å²) < 4.78 is -0.587. The van der Waals surface area contributed by atoms with Gasteiger partial charge in [0.05, 0.1) is 146 Å². The van der Waals surface area contributed by atoms with Crippen molar-refractivity contribution in [3.05, 3.63) is 65.5 Å². The maximum absolute atomic E-state index is 15.1. The second kappa shape index (κ2) is 34.9. The molecule has 0 aliphatic heterocycles. The molecular formula is C48H54I9N9O21. The molecule has 1 saturated carbocycles. The van der Waals surface area contributed by atoms with E-state index >= 15 is 14.4 Å². The highest BCUT2D eigenvalue weighted by Crippen LogP contribution is 2.40. The molecule has 0 heterocycles. The molecule has 0 bridgehead atoms. The quantitative estimate of drug-likeness (QED) is 0.0431. The third-order valence-corrected chi connectivity index (χ3v) is 22.4. The summed E-state index contributed by atoms with van der Waals surface area (Å²) in [6.45, 7) is -6.75. The molecule has 1 fully saturated rings. The van der Waals surface area contributed by atoms with Crippen LogP contribution in [0.5, 0.6) is 0 Å². The summed E-state index contributed by atoms with van der Waals surface area (Å²) in [6.07, 6.45) is -11.2. The number of nitrogens with one attached hydrogen (secondary N) is 6. The molecular weight excluding hydrogens is 2180 g/mol. The Bertz CT molecular complexity index is 2870. The van der Waals surface area contributed by atoms with Crippen molar-refractivity contribution in [1.82, 2.24) is 30.7 Å². The molecule has 0 aromatic heterocycles. The molecule has 3 atom stereocenters. The SMILES string of the molecule is CN(CC(O)CO)C(=O)c1c(I)c(NC(=O)CO)c(I)c(C(=O)NC2C(O)C(NC(=O)c3c(I)c(NC(=O)CO)c(I)c(C(=O)N(C)CC(O)CO)c3I)C(O)C(NC(=O)c3c(I)c(NC(=O)CO)c(I)c(C(=O)N(C)CC(O)CO)c3I)C2O)c1I. The van der Waals surface area contributed by atoms with Crippen LogP contribution in [0, 0.1) is 32.1 Å². The van der Waals surface area contributed by atoms with Gasteiger partial charge in [-0.2, -0.15) is 0 Å². The summed E-state index contributed by atoms with van der Waals surface area (Å²) in [5.74, 6) is -9.25. The Morgan fingerprint density at radius 3 is 0.747 bits per heavy atom. The van der Waals surface area contributed by atoms with Crippen LogP contribution in [0.25, 0.3) is 0 Å². The number of carbonyl (C=O) groups is 9. The fourth-order valence-electron chi connectivity index (χ4n) is 8.42. The number of halogens is 9. The van der Waals surface area contributed by atoms with Gasteiger partial charge < -0.3 is 108 Å². The summed E-state index contributed by atoms with van der Waals surface area (Å²) in [5.41, 5.74) is -2.59. The standard InChI is InChI=1S/C48H54I9N9O21/c1-64(4-13(73)7-67)46(85)22-25(49)19(28(52)34(31(22)55)58-16(76)10-70)43(82)61-37-40(79)38(62-44(83)20-26(50)23(47(86)65(2)5-14(74)8-68)32(56)35(29(20)53)59-17(77)11-71)42(81)39(41(37)80)63-45(84)21-27(51)24(48(87)66(3)6-15(75)9-69)33(57)36(30(21)54)60-18(78)12-72/h13-15,37-42,67-75,79-81H,4-12H2,1-3H3,(H,58,76)(H,59,77)(H,60,78)(H,61,82)(H,62,83)(H,63,84). The molecule has 1 aliphatic rings. The lowest BCUT2D eigenvalue weighted by Crippen LogP contribution is -2.75. The number of amides is 9. The first-order valence-corrected chi connectivity index (χ1v) is 34.3. The second-order valence-corrected chi connectivity index (χ2v) is 28.6. The van der Waals surface area contributed by atoms with Gasteiger partial charge in [-0.05, 0) is 203 Å². The molecule has 18 N–H and O–H groups in total. The third-order valence-electron chi connectivity index (χ3n) is 12.7. The summed E-state index contributed by atoms with van der Waals surface area (Å²) >= 11 is 15.0. The number of hydrogen-bond donors (Lipinski definition) is 18. The Kier molecular flexibility index (Phi) is 31.5. The van der Waals surface area contributed by atoms with E-state index in [1.807, 2.05) is 0 Å². The largest absolute Gasteiger partial charge is 0.394 e. The number of anilines is 3. The highest BCUT2D eigenvalue weighted by Gasteiger charge is 2.52. The van der Waals surface area contributed by atoms with E-state index in [-0.39, 0.29) is 65.9 Å². The number of likely N-dealkylation sites (N-methyl/N-ethyl adjacent to an activating group) is 3. The van der Waals surface area contributed by atoms with Crippen LogP contribution >= 0.6 is 203 Å². The van der Waals surface area contributed by atoms with Crippen LogP contribution in [-0.4, -0.2) is 264 Å². The second-order valence-electron chi connectivity index (χ2n) is 18.9. The average molecular weight is 2240 g/mol.